The molecule has 0 aliphatic carbocycles. The summed E-state index contributed by atoms with van der Waals surface area (Å²) in [5.41, 5.74) is 3.30. The lowest BCUT2D eigenvalue weighted by molar-refractivity contribution is 0.102. The maximum atomic E-state index is 12.6. The number of carbonyl (C=O) groups is 1. The van der Waals surface area contributed by atoms with E-state index in [0.717, 1.165) is 52.9 Å². The SMILES string of the molecule is COCc1cccc(C(=O)Nc2ccc3nc(N4CCOCC4)sc3c2)c1. The number of benzene rings is 2. The van der Waals surface area contributed by atoms with E-state index >= 15 is 0 Å². The molecule has 0 radical (unpaired) electrons. The standard InChI is InChI=1S/C20H21N3O3S/c1-25-13-14-3-2-4-15(11-14)19(24)21-16-5-6-17-18(12-16)27-20(22-17)23-7-9-26-10-8-23/h2-6,11-12H,7-10,13H2,1H3,(H,21,24). The number of hydrogen-bond acceptors (Lipinski definition) is 6. The molecule has 1 aliphatic rings. The van der Waals surface area contributed by atoms with Crippen molar-refractivity contribution in [3.05, 3.63) is 53.6 Å². The number of fused-ring (bicyclic) bond motifs is 1. The van der Waals surface area contributed by atoms with Crippen LogP contribution < -0.4 is 10.2 Å². The van der Waals surface area contributed by atoms with Gasteiger partial charge >= 0.3 is 0 Å². The lowest BCUT2D eigenvalue weighted by Gasteiger charge is -2.25. The Hall–Kier alpha value is -2.48. The Balaban J connectivity index is 1.51. The van der Waals surface area contributed by atoms with Gasteiger partial charge in [-0.3, -0.25) is 4.79 Å². The van der Waals surface area contributed by atoms with E-state index < -0.39 is 0 Å². The summed E-state index contributed by atoms with van der Waals surface area (Å²) in [5.74, 6) is -0.134. The number of anilines is 2. The van der Waals surface area contributed by atoms with Crippen LogP contribution in [0.1, 0.15) is 15.9 Å². The van der Waals surface area contributed by atoms with Crippen molar-refractivity contribution in [2.75, 3.05) is 43.6 Å². The molecule has 1 aromatic heterocycles. The monoisotopic (exact) mass is 383 g/mol. The molecule has 27 heavy (non-hydrogen) atoms. The molecule has 1 N–H and O–H groups in total. The highest BCUT2D eigenvalue weighted by atomic mass is 32.1. The van der Waals surface area contributed by atoms with Gasteiger partial charge in [0.15, 0.2) is 5.13 Å². The summed E-state index contributed by atoms with van der Waals surface area (Å²) in [4.78, 5) is 19.5. The third kappa shape index (κ3) is 4.10. The Morgan fingerprint density at radius 1 is 1.26 bits per heavy atom. The van der Waals surface area contributed by atoms with Crippen molar-refractivity contribution in [3.63, 3.8) is 0 Å². The molecule has 140 valence electrons. The third-order valence-electron chi connectivity index (χ3n) is 4.42. The molecule has 0 spiro atoms. The van der Waals surface area contributed by atoms with Crippen molar-refractivity contribution in [1.29, 1.82) is 0 Å². The van der Waals surface area contributed by atoms with Crippen molar-refractivity contribution in [2.45, 2.75) is 6.61 Å². The molecule has 4 rings (SSSR count). The molecular weight excluding hydrogens is 362 g/mol. The molecule has 1 aliphatic heterocycles. The maximum Gasteiger partial charge on any atom is 0.255 e. The van der Waals surface area contributed by atoms with Gasteiger partial charge in [-0.15, -0.1) is 0 Å². The smallest absolute Gasteiger partial charge is 0.255 e. The molecule has 2 heterocycles. The molecule has 0 bridgehead atoms. The van der Waals surface area contributed by atoms with Gasteiger partial charge < -0.3 is 19.7 Å². The fourth-order valence-electron chi connectivity index (χ4n) is 3.05. The summed E-state index contributed by atoms with van der Waals surface area (Å²) in [7, 11) is 1.64. The summed E-state index contributed by atoms with van der Waals surface area (Å²) in [6.45, 7) is 3.68. The molecule has 2 aromatic carbocycles. The van der Waals surface area contributed by atoms with Crippen LogP contribution in [0.4, 0.5) is 10.8 Å². The van der Waals surface area contributed by atoms with Crippen LogP contribution in [-0.2, 0) is 16.1 Å². The zero-order valence-corrected chi connectivity index (χ0v) is 15.9. The van der Waals surface area contributed by atoms with Crippen molar-refractivity contribution in [1.82, 2.24) is 4.98 Å². The molecule has 3 aromatic rings. The lowest BCUT2D eigenvalue weighted by Crippen LogP contribution is -2.36. The molecule has 0 unspecified atom stereocenters. The number of morpholine rings is 1. The highest BCUT2D eigenvalue weighted by molar-refractivity contribution is 7.22. The third-order valence-corrected chi connectivity index (χ3v) is 5.50. The first-order valence-electron chi connectivity index (χ1n) is 8.85. The quantitative estimate of drug-likeness (QED) is 0.730. The minimum Gasteiger partial charge on any atom is -0.380 e. The molecule has 1 amide bonds. The van der Waals surface area contributed by atoms with E-state index in [9.17, 15) is 4.79 Å². The Morgan fingerprint density at radius 3 is 2.93 bits per heavy atom. The second kappa shape index (κ2) is 8.04. The van der Waals surface area contributed by atoms with Gasteiger partial charge in [-0.2, -0.15) is 0 Å². The molecule has 1 fully saturated rings. The summed E-state index contributed by atoms with van der Waals surface area (Å²) >= 11 is 1.64. The van der Waals surface area contributed by atoms with Gasteiger partial charge in [0.25, 0.3) is 5.91 Å². The average molecular weight is 383 g/mol. The number of rotatable bonds is 5. The number of nitrogens with zero attached hydrogens (tertiary/aromatic N) is 2. The van der Waals surface area contributed by atoms with Crippen LogP contribution in [0.5, 0.6) is 0 Å². The van der Waals surface area contributed by atoms with Crippen LogP contribution >= 0.6 is 11.3 Å². The molecule has 6 nitrogen and oxygen atoms in total. The summed E-state index contributed by atoms with van der Waals surface area (Å²) in [5, 5.41) is 3.98. The number of methoxy groups -OCH3 is 1. The Bertz CT molecular complexity index is 951. The Morgan fingerprint density at radius 2 is 2.11 bits per heavy atom. The minimum absolute atomic E-state index is 0.134. The number of ether oxygens (including phenoxy) is 2. The van der Waals surface area contributed by atoms with E-state index in [1.165, 1.54) is 0 Å². The van der Waals surface area contributed by atoms with Gasteiger partial charge in [0.1, 0.15) is 0 Å². The normalized spacial score (nSPS) is 14.5. The molecule has 7 heteroatoms. The van der Waals surface area contributed by atoms with Crippen molar-refractivity contribution >= 4 is 38.3 Å². The van der Waals surface area contributed by atoms with E-state index in [1.54, 1.807) is 24.5 Å². The highest BCUT2D eigenvalue weighted by Gasteiger charge is 2.16. The first kappa shape index (κ1) is 17.9. The van der Waals surface area contributed by atoms with Crippen LogP contribution in [0, 0.1) is 0 Å². The van der Waals surface area contributed by atoms with Gasteiger partial charge in [-0.1, -0.05) is 23.5 Å². The van der Waals surface area contributed by atoms with Crippen molar-refractivity contribution in [2.24, 2.45) is 0 Å². The Labute approximate surface area is 161 Å². The van der Waals surface area contributed by atoms with Crippen LogP contribution in [0.3, 0.4) is 0 Å². The number of hydrogen-bond donors (Lipinski definition) is 1. The lowest BCUT2D eigenvalue weighted by atomic mass is 10.1. The van der Waals surface area contributed by atoms with E-state index in [-0.39, 0.29) is 5.91 Å². The average Bonchev–Trinajstić information content (AvgIpc) is 3.12. The van der Waals surface area contributed by atoms with Gasteiger partial charge in [-0.25, -0.2) is 4.98 Å². The fraction of sp³-hybridized carbons (Fsp3) is 0.300. The first-order chi connectivity index (χ1) is 13.2. The van der Waals surface area contributed by atoms with Crippen LogP contribution in [0.15, 0.2) is 42.5 Å². The predicted octanol–water partition coefficient (Wildman–Crippen LogP) is 3.53. The van der Waals surface area contributed by atoms with E-state index in [1.807, 2.05) is 36.4 Å². The number of carbonyl (C=O) groups excluding carboxylic acids is 1. The molecule has 1 saturated heterocycles. The first-order valence-corrected chi connectivity index (χ1v) is 9.67. The van der Waals surface area contributed by atoms with E-state index in [0.29, 0.717) is 12.2 Å². The second-order valence-electron chi connectivity index (χ2n) is 6.37. The summed E-state index contributed by atoms with van der Waals surface area (Å²) in [6.07, 6.45) is 0. The predicted molar refractivity (Wildman–Crippen MR) is 108 cm³/mol. The summed E-state index contributed by atoms with van der Waals surface area (Å²) in [6, 6.07) is 13.3. The number of thiazole rings is 1. The van der Waals surface area contributed by atoms with Crippen LogP contribution in [-0.4, -0.2) is 44.3 Å². The topological polar surface area (TPSA) is 63.7 Å². The zero-order chi connectivity index (χ0) is 18.6. The van der Waals surface area contributed by atoms with E-state index in [4.69, 9.17) is 14.5 Å². The number of nitrogens with one attached hydrogen (secondary N) is 1. The molecular formula is C20H21N3O3S. The highest BCUT2D eigenvalue weighted by Crippen LogP contribution is 2.31. The number of amides is 1. The van der Waals surface area contributed by atoms with Gasteiger partial charge in [0.2, 0.25) is 0 Å². The van der Waals surface area contributed by atoms with Crippen molar-refractivity contribution < 1.29 is 14.3 Å². The second-order valence-corrected chi connectivity index (χ2v) is 7.37. The number of aromatic nitrogens is 1. The van der Waals surface area contributed by atoms with Gasteiger partial charge in [0, 0.05) is 31.5 Å². The van der Waals surface area contributed by atoms with Crippen LogP contribution in [0.2, 0.25) is 0 Å². The largest absolute Gasteiger partial charge is 0.380 e. The minimum atomic E-state index is -0.134. The zero-order valence-electron chi connectivity index (χ0n) is 15.1. The van der Waals surface area contributed by atoms with Gasteiger partial charge in [0.05, 0.1) is 30.0 Å². The van der Waals surface area contributed by atoms with Crippen LogP contribution in [0.25, 0.3) is 10.2 Å². The van der Waals surface area contributed by atoms with Crippen molar-refractivity contribution in [3.8, 4) is 0 Å². The maximum absolute atomic E-state index is 12.6. The molecule has 0 atom stereocenters. The van der Waals surface area contributed by atoms with E-state index in [2.05, 4.69) is 10.2 Å². The fourth-order valence-corrected chi connectivity index (χ4v) is 4.11. The van der Waals surface area contributed by atoms with Gasteiger partial charge in [-0.05, 0) is 35.9 Å². The molecule has 0 saturated carbocycles. The summed E-state index contributed by atoms with van der Waals surface area (Å²) < 4.78 is 11.6. The Kier molecular flexibility index (Phi) is 5.33.